The van der Waals surface area contributed by atoms with Gasteiger partial charge >= 0.3 is 0 Å². The van der Waals surface area contributed by atoms with Crippen LogP contribution in [0.2, 0.25) is 0 Å². The molecular formula is C9H9BrN2OS2. The van der Waals surface area contributed by atoms with Crippen molar-refractivity contribution >= 4 is 48.4 Å². The van der Waals surface area contributed by atoms with Crippen LogP contribution in [0.5, 0.6) is 0 Å². The van der Waals surface area contributed by atoms with E-state index in [2.05, 4.69) is 25.9 Å². The van der Waals surface area contributed by atoms with Gasteiger partial charge in [-0.05, 0) is 28.4 Å². The maximum absolute atomic E-state index is 11.7. The molecule has 0 amide bonds. The molecule has 1 atom stereocenters. The summed E-state index contributed by atoms with van der Waals surface area (Å²) in [6.45, 7) is 2.01. The summed E-state index contributed by atoms with van der Waals surface area (Å²) in [5.74, 6) is 0.668. The minimum atomic E-state index is -0.971. The monoisotopic (exact) mass is 304 g/mol. The van der Waals surface area contributed by atoms with Crippen LogP contribution in [0, 0.1) is 0 Å². The highest BCUT2D eigenvalue weighted by Crippen LogP contribution is 2.25. The zero-order valence-electron chi connectivity index (χ0n) is 8.07. The van der Waals surface area contributed by atoms with Crippen molar-refractivity contribution in [1.82, 2.24) is 9.97 Å². The quantitative estimate of drug-likeness (QED) is 0.875. The average molecular weight is 305 g/mol. The molecule has 0 spiro atoms. The van der Waals surface area contributed by atoms with Crippen LogP contribution < -0.4 is 0 Å². The highest BCUT2D eigenvalue weighted by molar-refractivity contribution is 9.10. The lowest BCUT2D eigenvalue weighted by Crippen LogP contribution is -1.95. The zero-order chi connectivity index (χ0) is 10.8. The number of halogens is 1. The second kappa shape index (κ2) is 4.67. The third-order valence-electron chi connectivity index (χ3n) is 1.78. The lowest BCUT2D eigenvalue weighted by Gasteiger charge is -1.91. The molecule has 3 nitrogen and oxygen atoms in total. The summed E-state index contributed by atoms with van der Waals surface area (Å²) in [6.07, 6.45) is 2.61. The smallest absolute Gasteiger partial charge is 0.183 e. The van der Waals surface area contributed by atoms with E-state index >= 15 is 0 Å². The Kier molecular flexibility index (Phi) is 3.48. The Balaban J connectivity index is 2.42. The SMILES string of the molecule is CCC[S@](=O)c1nc2ncc(Br)cc2s1. The molecule has 0 N–H and O–H groups in total. The summed E-state index contributed by atoms with van der Waals surface area (Å²) in [6, 6.07) is 1.95. The van der Waals surface area contributed by atoms with Crippen molar-refractivity contribution in [1.29, 1.82) is 0 Å². The number of aromatic nitrogens is 2. The predicted molar refractivity (Wildman–Crippen MR) is 66.7 cm³/mol. The first kappa shape index (κ1) is 11.2. The first-order valence-electron chi connectivity index (χ1n) is 4.51. The first-order chi connectivity index (χ1) is 7.20. The van der Waals surface area contributed by atoms with E-state index in [1.165, 1.54) is 11.3 Å². The van der Waals surface area contributed by atoms with Gasteiger partial charge in [0.05, 0.1) is 15.5 Å². The molecule has 0 fully saturated rings. The molecule has 0 aromatic carbocycles. The van der Waals surface area contributed by atoms with Gasteiger partial charge < -0.3 is 0 Å². The molecule has 0 aliphatic rings. The Bertz CT molecular complexity index is 512. The highest BCUT2D eigenvalue weighted by atomic mass is 79.9. The molecule has 2 aromatic rings. The van der Waals surface area contributed by atoms with Gasteiger partial charge in [0.15, 0.2) is 9.99 Å². The van der Waals surface area contributed by atoms with Crippen molar-refractivity contribution in [2.24, 2.45) is 0 Å². The minimum absolute atomic E-state index is 0.668. The fourth-order valence-electron chi connectivity index (χ4n) is 1.15. The summed E-state index contributed by atoms with van der Waals surface area (Å²) < 4.78 is 14.3. The van der Waals surface area contributed by atoms with Crippen molar-refractivity contribution in [3.8, 4) is 0 Å². The number of rotatable bonds is 3. The number of nitrogens with zero attached hydrogens (tertiary/aromatic N) is 2. The molecule has 0 radical (unpaired) electrons. The standard InChI is InChI=1S/C9H9BrN2OS2/c1-2-3-15(13)9-12-8-7(14-9)4-6(10)5-11-8/h4-5H,2-3H2,1H3/t15-/m0/s1. The molecule has 2 aromatic heterocycles. The molecule has 80 valence electrons. The Morgan fingerprint density at radius 3 is 3.13 bits per heavy atom. The summed E-state index contributed by atoms with van der Waals surface area (Å²) in [4.78, 5) is 8.42. The third kappa shape index (κ3) is 2.43. The van der Waals surface area contributed by atoms with Crippen LogP contribution >= 0.6 is 27.3 Å². The number of thiazole rings is 1. The summed E-state index contributed by atoms with van der Waals surface area (Å²) >= 11 is 4.81. The zero-order valence-corrected chi connectivity index (χ0v) is 11.3. The molecule has 0 aliphatic carbocycles. The van der Waals surface area contributed by atoms with Crippen LogP contribution in [0.3, 0.4) is 0 Å². The van der Waals surface area contributed by atoms with Gasteiger partial charge in [-0.25, -0.2) is 9.97 Å². The van der Waals surface area contributed by atoms with Crippen LogP contribution in [0.1, 0.15) is 13.3 Å². The van der Waals surface area contributed by atoms with Crippen LogP contribution in [-0.4, -0.2) is 19.9 Å². The van der Waals surface area contributed by atoms with Crippen molar-refractivity contribution in [2.75, 3.05) is 5.75 Å². The maximum Gasteiger partial charge on any atom is 0.183 e. The topological polar surface area (TPSA) is 42.9 Å². The van der Waals surface area contributed by atoms with E-state index in [9.17, 15) is 4.21 Å². The van der Waals surface area contributed by atoms with Gasteiger partial charge in [-0.1, -0.05) is 6.92 Å². The van der Waals surface area contributed by atoms with Crippen LogP contribution in [-0.2, 0) is 10.8 Å². The van der Waals surface area contributed by atoms with Crippen LogP contribution in [0.15, 0.2) is 21.1 Å². The summed E-state index contributed by atoms with van der Waals surface area (Å²) in [7, 11) is -0.971. The fraction of sp³-hybridized carbons (Fsp3) is 0.333. The van der Waals surface area contributed by atoms with Gasteiger partial charge in [0.2, 0.25) is 0 Å². The van der Waals surface area contributed by atoms with Crippen molar-refractivity contribution in [2.45, 2.75) is 17.7 Å². The van der Waals surface area contributed by atoms with E-state index in [-0.39, 0.29) is 0 Å². The predicted octanol–water partition coefficient (Wildman–Crippen LogP) is 2.97. The van der Waals surface area contributed by atoms with E-state index in [1.807, 2.05) is 13.0 Å². The molecule has 15 heavy (non-hydrogen) atoms. The van der Waals surface area contributed by atoms with Crippen LogP contribution in [0.4, 0.5) is 0 Å². The second-order valence-corrected chi connectivity index (χ2v) is 6.70. The number of fused-ring (bicyclic) bond motifs is 1. The lowest BCUT2D eigenvalue weighted by atomic mass is 10.5. The number of hydrogen-bond acceptors (Lipinski definition) is 4. The molecule has 2 heterocycles. The molecule has 0 aliphatic heterocycles. The van der Waals surface area contributed by atoms with Gasteiger partial charge in [0.25, 0.3) is 0 Å². The molecule has 2 rings (SSSR count). The number of hydrogen-bond donors (Lipinski definition) is 0. The molecule has 0 bridgehead atoms. The molecule has 6 heteroatoms. The fourth-order valence-corrected chi connectivity index (χ4v) is 3.95. The van der Waals surface area contributed by atoms with Gasteiger partial charge in [0, 0.05) is 16.4 Å². The van der Waals surface area contributed by atoms with E-state index in [0.29, 0.717) is 15.7 Å². The molecular weight excluding hydrogens is 296 g/mol. The molecule has 0 saturated carbocycles. The first-order valence-corrected chi connectivity index (χ1v) is 7.44. The average Bonchev–Trinajstić information content (AvgIpc) is 2.60. The van der Waals surface area contributed by atoms with E-state index in [0.717, 1.165) is 15.6 Å². The molecule has 0 unspecified atom stereocenters. The summed E-state index contributed by atoms with van der Waals surface area (Å²) in [5.41, 5.74) is 0.683. The largest absolute Gasteiger partial charge is 0.252 e. The highest BCUT2D eigenvalue weighted by Gasteiger charge is 2.10. The van der Waals surface area contributed by atoms with Crippen LogP contribution in [0.25, 0.3) is 10.3 Å². The second-order valence-electron chi connectivity index (χ2n) is 3.00. The van der Waals surface area contributed by atoms with E-state index in [1.54, 1.807) is 6.20 Å². The Labute approximate surface area is 103 Å². The van der Waals surface area contributed by atoms with E-state index in [4.69, 9.17) is 0 Å². The van der Waals surface area contributed by atoms with E-state index < -0.39 is 10.8 Å². The molecule has 0 saturated heterocycles. The van der Waals surface area contributed by atoms with Crippen molar-refractivity contribution in [3.63, 3.8) is 0 Å². The lowest BCUT2D eigenvalue weighted by molar-refractivity contribution is 0.681. The van der Waals surface area contributed by atoms with Gasteiger partial charge in [-0.2, -0.15) is 0 Å². The Hall–Kier alpha value is -0.330. The van der Waals surface area contributed by atoms with Crippen molar-refractivity contribution in [3.05, 3.63) is 16.7 Å². The maximum atomic E-state index is 11.7. The van der Waals surface area contributed by atoms with Crippen molar-refractivity contribution < 1.29 is 4.21 Å². The van der Waals surface area contributed by atoms with Gasteiger partial charge in [0.1, 0.15) is 0 Å². The Morgan fingerprint density at radius 1 is 1.60 bits per heavy atom. The van der Waals surface area contributed by atoms with Gasteiger partial charge in [-0.15, -0.1) is 11.3 Å². The minimum Gasteiger partial charge on any atom is -0.252 e. The third-order valence-corrected chi connectivity index (χ3v) is 5.07. The Morgan fingerprint density at radius 2 is 2.40 bits per heavy atom. The number of pyridine rings is 1. The summed E-state index contributed by atoms with van der Waals surface area (Å²) in [5, 5.41) is 0. The normalized spacial score (nSPS) is 13.2. The van der Waals surface area contributed by atoms with Gasteiger partial charge in [-0.3, -0.25) is 4.21 Å².